The second-order valence-electron chi connectivity index (χ2n) is 7.61. The van der Waals surface area contributed by atoms with Crippen LogP contribution in [0.1, 0.15) is 38.5 Å². The van der Waals surface area contributed by atoms with Gasteiger partial charge in [-0.05, 0) is 76.4 Å². The quantitative estimate of drug-likeness (QED) is 0.395. The van der Waals surface area contributed by atoms with Gasteiger partial charge in [0.1, 0.15) is 0 Å². The minimum Gasteiger partial charge on any atom is -0.378 e. The Labute approximate surface area is 178 Å². The summed E-state index contributed by atoms with van der Waals surface area (Å²) in [4.78, 5) is 16.6. The van der Waals surface area contributed by atoms with Gasteiger partial charge in [0, 0.05) is 36.4 Å². The lowest BCUT2D eigenvalue weighted by atomic mass is 9.92. The highest BCUT2D eigenvalue weighted by Crippen LogP contribution is 2.25. The van der Waals surface area contributed by atoms with E-state index in [0.29, 0.717) is 6.10 Å². The highest BCUT2D eigenvalue weighted by Gasteiger charge is 2.26. The molecule has 0 unspecified atom stereocenters. The lowest BCUT2D eigenvalue weighted by Crippen LogP contribution is -2.42. The van der Waals surface area contributed by atoms with E-state index >= 15 is 0 Å². The number of hydrogen-bond donors (Lipinski definition) is 1. The molecular formula is C22H34BrN3O2. The molecule has 2 amide bonds. The van der Waals surface area contributed by atoms with Gasteiger partial charge in [-0.2, -0.15) is 0 Å². The molecule has 1 aromatic carbocycles. The Bertz CT molecular complexity index is 600. The van der Waals surface area contributed by atoms with E-state index in [9.17, 15) is 4.79 Å². The van der Waals surface area contributed by atoms with Crippen LogP contribution in [0.25, 0.3) is 0 Å². The van der Waals surface area contributed by atoms with Crippen molar-refractivity contribution >= 4 is 27.6 Å². The van der Waals surface area contributed by atoms with E-state index < -0.39 is 0 Å². The molecule has 0 saturated heterocycles. The van der Waals surface area contributed by atoms with Crippen LogP contribution in [0, 0.1) is 0 Å². The Morgan fingerprint density at radius 1 is 1.21 bits per heavy atom. The maximum atomic E-state index is 12.5. The summed E-state index contributed by atoms with van der Waals surface area (Å²) < 4.78 is 7.06. The molecule has 1 fully saturated rings. The third kappa shape index (κ3) is 7.94. The smallest absolute Gasteiger partial charge is 0.321 e. The number of anilines is 1. The molecule has 0 aliphatic heterocycles. The topological polar surface area (TPSA) is 44.8 Å². The summed E-state index contributed by atoms with van der Waals surface area (Å²) in [7, 11) is 4.01. The number of carbonyl (C=O) groups excluding carboxylic acids is 1. The molecule has 1 saturated carbocycles. The fourth-order valence-corrected chi connectivity index (χ4v) is 3.82. The largest absolute Gasteiger partial charge is 0.378 e. The Kier molecular flexibility index (Phi) is 10.0. The highest BCUT2D eigenvalue weighted by molar-refractivity contribution is 9.10. The van der Waals surface area contributed by atoms with E-state index in [1.807, 2.05) is 42.3 Å². The zero-order chi connectivity index (χ0) is 20.4. The number of nitrogens with zero attached hydrogens (tertiary/aromatic N) is 2. The van der Waals surface area contributed by atoms with Crippen LogP contribution in [0.2, 0.25) is 0 Å². The minimum atomic E-state index is -0.0460. The van der Waals surface area contributed by atoms with Gasteiger partial charge in [-0.15, -0.1) is 6.58 Å². The maximum absolute atomic E-state index is 12.5. The summed E-state index contributed by atoms with van der Waals surface area (Å²) in [6.07, 6.45) is 8.56. The summed E-state index contributed by atoms with van der Waals surface area (Å²) in [5.41, 5.74) is 0.816. The van der Waals surface area contributed by atoms with Gasteiger partial charge in [0.15, 0.2) is 0 Å². The van der Waals surface area contributed by atoms with E-state index in [4.69, 9.17) is 4.74 Å². The molecule has 1 aliphatic carbocycles. The number of nitrogens with one attached hydrogen (secondary N) is 1. The second-order valence-corrected chi connectivity index (χ2v) is 8.52. The summed E-state index contributed by atoms with van der Waals surface area (Å²) in [6, 6.07) is 7.88. The summed E-state index contributed by atoms with van der Waals surface area (Å²) in [6.45, 7) is 6.62. The summed E-state index contributed by atoms with van der Waals surface area (Å²) in [5.74, 6) is 0. The van der Waals surface area contributed by atoms with Gasteiger partial charge < -0.3 is 19.9 Å². The lowest BCUT2D eigenvalue weighted by molar-refractivity contribution is 0.0127. The van der Waals surface area contributed by atoms with Crippen molar-refractivity contribution in [2.75, 3.05) is 39.1 Å². The van der Waals surface area contributed by atoms with Crippen LogP contribution >= 0.6 is 15.9 Å². The number of benzene rings is 1. The molecule has 1 N–H and O–H groups in total. The molecule has 2 rings (SSSR count). The molecule has 0 aromatic heterocycles. The van der Waals surface area contributed by atoms with Crippen LogP contribution in [0.15, 0.2) is 41.4 Å². The molecule has 0 atom stereocenters. The Morgan fingerprint density at radius 3 is 2.54 bits per heavy atom. The van der Waals surface area contributed by atoms with E-state index in [-0.39, 0.29) is 12.1 Å². The Morgan fingerprint density at radius 2 is 1.89 bits per heavy atom. The number of carbonyl (C=O) groups is 1. The number of hydrogen-bond acceptors (Lipinski definition) is 3. The number of halogens is 1. The highest BCUT2D eigenvalue weighted by atomic mass is 79.9. The van der Waals surface area contributed by atoms with Crippen LogP contribution in [0.5, 0.6) is 0 Å². The second kappa shape index (κ2) is 12.2. The fourth-order valence-electron chi connectivity index (χ4n) is 3.56. The predicted molar refractivity (Wildman–Crippen MR) is 120 cm³/mol. The summed E-state index contributed by atoms with van der Waals surface area (Å²) in [5, 5.41) is 2.97. The molecule has 1 aromatic rings. The zero-order valence-electron chi connectivity index (χ0n) is 17.2. The van der Waals surface area contributed by atoms with Crippen LogP contribution in [0.3, 0.4) is 0 Å². The average molecular weight is 452 g/mol. The number of amides is 2. The molecular weight excluding hydrogens is 418 g/mol. The summed E-state index contributed by atoms with van der Waals surface area (Å²) >= 11 is 3.41. The molecule has 1 aliphatic rings. The average Bonchev–Trinajstić information content (AvgIpc) is 2.69. The van der Waals surface area contributed by atoms with Gasteiger partial charge in [0.2, 0.25) is 0 Å². The first kappa shape index (κ1) is 22.9. The number of rotatable bonds is 10. The van der Waals surface area contributed by atoms with Gasteiger partial charge in [-0.3, -0.25) is 0 Å². The van der Waals surface area contributed by atoms with Crippen molar-refractivity contribution in [1.29, 1.82) is 0 Å². The first-order valence-electron chi connectivity index (χ1n) is 10.2. The molecule has 6 heteroatoms. The van der Waals surface area contributed by atoms with Crippen molar-refractivity contribution in [3.63, 3.8) is 0 Å². The number of ether oxygens (including phenoxy) is 1. The van der Waals surface area contributed by atoms with Gasteiger partial charge >= 0.3 is 6.03 Å². The molecule has 0 heterocycles. The zero-order valence-corrected chi connectivity index (χ0v) is 18.8. The molecule has 28 heavy (non-hydrogen) atoms. The minimum absolute atomic E-state index is 0.0460. The third-order valence-electron chi connectivity index (χ3n) is 5.34. The van der Waals surface area contributed by atoms with E-state index in [1.54, 1.807) is 0 Å². The van der Waals surface area contributed by atoms with Crippen molar-refractivity contribution in [2.45, 2.75) is 50.7 Å². The van der Waals surface area contributed by atoms with Crippen molar-refractivity contribution in [3.8, 4) is 0 Å². The normalized spacial score (nSPS) is 19.4. The molecule has 156 valence electrons. The molecule has 0 radical (unpaired) electrons. The molecule has 0 spiro atoms. The van der Waals surface area contributed by atoms with Crippen LogP contribution in [-0.2, 0) is 4.74 Å². The molecule has 0 bridgehead atoms. The SMILES string of the molecule is C=CCN(C)CCCCOC1CCC(N(C)C(=O)Nc2ccc(Br)cc2)CC1. The standard InChI is InChI=1S/C22H34BrN3O2/c1-4-15-25(2)16-5-6-17-28-21-13-11-20(12-14-21)26(3)22(27)24-19-9-7-18(23)8-10-19/h4,7-10,20-21H,1,5-6,11-17H2,2-3H3,(H,24,27). The van der Waals surface area contributed by atoms with Crippen LogP contribution < -0.4 is 5.32 Å². The van der Waals surface area contributed by atoms with Gasteiger partial charge in [0.25, 0.3) is 0 Å². The van der Waals surface area contributed by atoms with E-state index in [1.165, 1.54) is 0 Å². The molecule has 5 nitrogen and oxygen atoms in total. The lowest BCUT2D eigenvalue weighted by Gasteiger charge is -2.34. The van der Waals surface area contributed by atoms with Crippen LogP contribution in [-0.4, -0.2) is 61.8 Å². The first-order chi connectivity index (χ1) is 13.5. The fraction of sp³-hybridized carbons (Fsp3) is 0.591. The van der Waals surface area contributed by atoms with E-state index in [2.05, 4.69) is 39.8 Å². The Hall–Kier alpha value is -1.37. The van der Waals surface area contributed by atoms with Gasteiger partial charge in [-0.1, -0.05) is 22.0 Å². The predicted octanol–water partition coefficient (Wildman–Crippen LogP) is 5.14. The number of unbranched alkanes of at least 4 members (excludes halogenated alkanes) is 1. The number of likely N-dealkylation sites (N-methyl/N-ethyl adjacent to an activating group) is 1. The van der Waals surface area contributed by atoms with Crippen molar-refractivity contribution in [2.24, 2.45) is 0 Å². The van der Waals surface area contributed by atoms with E-state index in [0.717, 1.165) is 68.4 Å². The van der Waals surface area contributed by atoms with Gasteiger partial charge in [0.05, 0.1) is 6.10 Å². The van der Waals surface area contributed by atoms with Crippen molar-refractivity contribution < 1.29 is 9.53 Å². The Balaban J connectivity index is 1.62. The maximum Gasteiger partial charge on any atom is 0.321 e. The third-order valence-corrected chi connectivity index (χ3v) is 5.86. The van der Waals surface area contributed by atoms with Crippen LogP contribution in [0.4, 0.5) is 10.5 Å². The first-order valence-corrected chi connectivity index (χ1v) is 11.0. The van der Waals surface area contributed by atoms with Gasteiger partial charge in [-0.25, -0.2) is 4.79 Å². The van der Waals surface area contributed by atoms with Crippen molar-refractivity contribution in [3.05, 3.63) is 41.4 Å². The monoisotopic (exact) mass is 451 g/mol. The van der Waals surface area contributed by atoms with Crippen molar-refractivity contribution in [1.82, 2.24) is 9.80 Å². The number of urea groups is 1.